The molecule has 3 unspecified atom stereocenters. The Kier molecular flexibility index (Phi) is 16.7. The molecule has 0 radical (unpaired) electrons. The minimum absolute atomic E-state index is 0.000747. The van der Waals surface area contributed by atoms with Gasteiger partial charge < -0.3 is 36.8 Å². The first kappa shape index (κ1) is 40.4. The first-order valence-corrected chi connectivity index (χ1v) is 18.2. The Balaban J connectivity index is 1.90. The van der Waals surface area contributed by atoms with Crippen LogP contribution in [-0.4, -0.2) is 74.6 Å². The quantitative estimate of drug-likeness (QED) is 0.0650. The number of carbonyl (C=O) groups is 5. The second-order valence-corrected chi connectivity index (χ2v) is 15.7. The maximum Gasteiger partial charge on any atom is 0.327 e. The fourth-order valence-electron chi connectivity index (χ4n) is 4.24. The van der Waals surface area contributed by atoms with Gasteiger partial charge in [-0.1, -0.05) is 86.5 Å². The summed E-state index contributed by atoms with van der Waals surface area (Å²) in [6, 6.07) is 13.2. The summed E-state index contributed by atoms with van der Waals surface area (Å²) in [5.41, 5.74) is 1.96. The Labute approximate surface area is 294 Å². The second kappa shape index (κ2) is 19.9. The molecule has 3 atom stereocenters. The third-order valence-electron chi connectivity index (χ3n) is 6.46. The number of carboxylic acid groups (broad SMARTS) is 2. The summed E-state index contributed by atoms with van der Waals surface area (Å²) in [5.74, 6) is -3.94. The molecule has 0 heterocycles. The van der Waals surface area contributed by atoms with Crippen molar-refractivity contribution in [3.8, 4) is 0 Å². The third kappa shape index (κ3) is 16.3. The molecule has 0 bridgehead atoms. The number of nitrogens with one attached hydrogen (secondary N) is 5. The van der Waals surface area contributed by atoms with Gasteiger partial charge in [0.05, 0.1) is 6.42 Å². The van der Waals surface area contributed by atoms with Crippen molar-refractivity contribution in [1.82, 2.24) is 16.0 Å². The highest BCUT2D eigenvalue weighted by atomic mass is 33.1. The van der Waals surface area contributed by atoms with E-state index in [1.165, 1.54) is 0 Å². The van der Waals surface area contributed by atoms with Crippen molar-refractivity contribution in [1.29, 1.82) is 0 Å². The number of thiocarbonyl (C=S) groups is 1. The number of carbonyl (C=O) groups excluding carboxylic acids is 3. The molecule has 0 spiro atoms. The summed E-state index contributed by atoms with van der Waals surface area (Å²) >= 11 is 5.35. The maximum atomic E-state index is 13.2. The number of aliphatic carboxylic acids is 2. The van der Waals surface area contributed by atoms with Crippen LogP contribution in [0.3, 0.4) is 0 Å². The average Bonchev–Trinajstić information content (AvgIpc) is 2.97. The molecule has 0 aliphatic carbocycles. The summed E-state index contributed by atoms with van der Waals surface area (Å²) in [6.45, 7) is 9.37. The SMILES string of the molecule is CC(C)CC(NC(=O)Cc1ccc(NC(=S)Nc2ccccc2)cc1)C(=O)NC(CSSCC(NC(=O)CC(C)(C)C)C(=O)O)C(=O)O. The van der Waals surface area contributed by atoms with E-state index in [2.05, 4.69) is 26.6 Å². The lowest BCUT2D eigenvalue weighted by Gasteiger charge is -2.23. The molecular formula is C33H45N5O7S3. The molecule has 0 aromatic heterocycles. The lowest BCUT2D eigenvalue weighted by Crippen LogP contribution is -2.53. The van der Waals surface area contributed by atoms with Crippen molar-refractivity contribution >= 4 is 80.0 Å². The van der Waals surface area contributed by atoms with Crippen LogP contribution in [0, 0.1) is 11.3 Å². The van der Waals surface area contributed by atoms with E-state index >= 15 is 0 Å². The Morgan fingerprint density at radius 2 is 1.23 bits per heavy atom. The third-order valence-corrected chi connectivity index (χ3v) is 9.08. The largest absolute Gasteiger partial charge is 0.480 e. The van der Waals surface area contributed by atoms with Gasteiger partial charge in [0.15, 0.2) is 5.11 Å². The van der Waals surface area contributed by atoms with Crippen LogP contribution in [0.15, 0.2) is 54.6 Å². The number of amides is 3. The molecule has 0 saturated carbocycles. The highest BCUT2D eigenvalue weighted by Gasteiger charge is 2.28. The first-order chi connectivity index (χ1) is 22.5. The lowest BCUT2D eigenvalue weighted by molar-refractivity contribution is -0.141. The molecule has 3 amide bonds. The minimum Gasteiger partial charge on any atom is -0.480 e. The van der Waals surface area contributed by atoms with Crippen LogP contribution in [-0.2, 0) is 30.4 Å². The first-order valence-electron chi connectivity index (χ1n) is 15.3. The summed E-state index contributed by atoms with van der Waals surface area (Å²) in [6.07, 6.45) is 0.442. The van der Waals surface area contributed by atoms with E-state index in [4.69, 9.17) is 12.2 Å². The van der Waals surface area contributed by atoms with Crippen LogP contribution in [0.4, 0.5) is 11.4 Å². The van der Waals surface area contributed by atoms with Crippen molar-refractivity contribution in [3.05, 3.63) is 60.2 Å². The number of rotatable bonds is 18. The van der Waals surface area contributed by atoms with Gasteiger partial charge in [0.25, 0.3) is 0 Å². The normalized spacial score (nSPS) is 13.0. The standard InChI is InChI=1S/C33H45N5O7S3/c1-20(2)15-24(36-27(39)16-21-11-13-23(14-12-21)35-32(46)34-22-9-7-6-8-10-22)29(41)38-26(31(44)45)19-48-47-18-25(30(42)43)37-28(40)17-33(3,4)5/h6-14,20,24-26H,15-19H2,1-5H3,(H,36,39)(H,37,40)(H,38,41)(H,42,43)(H,44,45)(H2,34,35,46). The molecule has 2 aromatic rings. The fourth-order valence-corrected chi connectivity index (χ4v) is 6.78. The van der Waals surface area contributed by atoms with Crippen LogP contribution in [0.5, 0.6) is 0 Å². The molecule has 0 aliphatic heterocycles. The van der Waals surface area contributed by atoms with Gasteiger partial charge in [-0.15, -0.1) is 0 Å². The van der Waals surface area contributed by atoms with Crippen LogP contribution >= 0.6 is 33.8 Å². The minimum atomic E-state index is -1.29. The van der Waals surface area contributed by atoms with E-state index < -0.39 is 41.9 Å². The number of hydrogen-bond acceptors (Lipinski definition) is 8. The zero-order valence-electron chi connectivity index (χ0n) is 27.7. The summed E-state index contributed by atoms with van der Waals surface area (Å²) in [4.78, 5) is 61.9. The van der Waals surface area contributed by atoms with Gasteiger partial charge in [0.2, 0.25) is 17.7 Å². The summed E-state index contributed by atoms with van der Waals surface area (Å²) in [7, 11) is 2.15. The molecule has 12 nitrogen and oxygen atoms in total. The molecule has 15 heteroatoms. The van der Waals surface area contributed by atoms with Gasteiger partial charge in [0.1, 0.15) is 18.1 Å². The molecule has 0 saturated heterocycles. The Morgan fingerprint density at radius 1 is 0.729 bits per heavy atom. The Morgan fingerprint density at radius 3 is 1.73 bits per heavy atom. The molecule has 262 valence electrons. The van der Waals surface area contributed by atoms with Crippen molar-refractivity contribution in [2.45, 2.75) is 72.0 Å². The van der Waals surface area contributed by atoms with Gasteiger partial charge in [-0.2, -0.15) is 0 Å². The molecule has 2 rings (SSSR count). The van der Waals surface area contributed by atoms with E-state index in [-0.39, 0.29) is 48.0 Å². The molecule has 2 aromatic carbocycles. The average molecular weight is 720 g/mol. The lowest BCUT2D eigenvalue weighted by atomic mass is 9.92. The maximum absolute atomic E-state index is 13.2. The van der Waals surface area contributed by atoms with Gasteiger partial charge in [0, 0.05) is 29.3 Å². The topological polar surface area (TPSA) is 186 Å². The highest BCUT2D eigenvalue weighted by Crippen LogP contribution is 2.24. The Bertz CT molecular complexity index is 1400. The number of benzene rings is 2. The van der Waals surface area contributed by atoms with Crippen LogP contribution in [0.25, 0.3) is 0 Å². The second-order valence-electron chi connectivity index (χ2n) is 12.7. The molecular weight excluding hydrogens is 675 g/mol. The van der Waals surface area contributed by atoms with E-state index in [0.29, 0.717) is 10.7 Å². The number of anilines is 2. The van der Waals surface area contributed by atoms with Crippen LogP contribution in [0.2, 0.25) is 0 Å². The van der Waals surface area contributed by atoms with Crippen molar-refractivity contribution < 1.29 is 34.2 Å². The molecule has 0 fully saturated rings. The van der Waals surface area contributed by atoms with Gasteiger partial charge in [-0.3, -0.25) is 14.4 Å². The van der Waals surface area contributed by atoms with Crippen molar-refractivity contribution in [2.24, 2.45) is 11.3 Å². The van der Waals surface area contributed by atoms with Gasteiger partial charge in [-0.05, 0) is 59.8 Å². The predicted octanol–water partition coefficient (Wildman–Crippen LogP) is 4.53. The monoisotopic (exact) mass is 719 g/mol. The smallest absolute Gasteiger partial charge is 0.327 e. The zero-order valence-corrected chi connectivity index (χ0v) is 30.2. The highest BCUT2D eigenvalue weighted by molar-refractivity contribution is 8.76. The fraction of sp³-hybridized carbons (Fsp3) is 0.455. The van der Waals surface area contributed by atoms with E-state index in [1.54, 1.807) is 24.3 Å². The van der Waals surface area contributed by atoms with E-state index in [0.717, 1.165) is 33.0 Å². The van der Waals surface area contributed by atoms with E-state index in [9.17, 15) is 34.2 Å². The molecule has 0 aliphatic rings. The molecule has 48 heavy (non-hydrogen) atoms. The van der Waals surface area contributed by atoms with Crippen LogP contribution in [0.1, 0.15) is 53.0 Å². The number of carboxylic acids is 2. The summed E-state index contributed by atoms with van der Waals surface area (Å²) < 4.78 is 0. The van der Waals surface area contributed by atoms with Crippen molar-refractivity contribution in [2.75, 3.05) is 22.1 Å². The Hall–Kier alpha value is -3.82. The predicted molar refractivity (Wildman–Crippen MR) is 196 cm³/mol. The zero-order chi connectivity index (χ0) is 35.9. The number of hydrogen-bond donors (Lipinski definition) is 7. The van der Waals surface area contributed by atoms with Crippen molar-refractivity contribution in [3.63, 3.8) is 0 Å². The van der Waals surface area contributed by atoms with Gasteiger partial charge in [-0.25, -0.2) is 9.59 Å². The van der Waals surface area contributed by atoms with Gasteiger partial charge >= 0.3 is 11.9 Å². The van der Waals surface area contributed by atoms with Crippen LogP contribution < -0.4 is 26.6 Å². The number of para-hydroxylation sites is 1. The summed E-state index contributed by atoms with van der Waals surface area (Å²) in [5, 5.41) is 33.5. The molecule has 7 N–H and O–H groups in total. The van der Waals surface area contributed by atoms with E-state index in [1.807, 2.05) is 65.0 Å².